The van der Waals surface area contributed by atoms with E-state index >= 15 is 0 Å². The largest absolute Gasteiger partial charge is 0.497 e. The van der Waals surface area contributed by atoms with Gasteiger partial charge in [0.2, 0.25) is 0 Å². The maximum Gasteiger partial charge on any atom is 0.250 e. The van der Waals surface area contributed by atoms with E-state index in [9.17, 15) is 4.79 Å². The Balaban J connectivity index is 2.02. The Labute approximate surface area is 119 Å². The molecule has 1 aromatic heterocycles. The summed E-state index contributed by atoms with van der Waals surface area (Å²) in [5.41, 5.74) is 2.24. The molecule has 2 rings (SSSR count). The number of aromatic nitrogens is 1. The molecule has 4 heteroatoms. The molecule has 0 saturated carbocycles. The number of methoxy groups -OCH3 is 1. The van der Waals surface area contributed by atoms with E-state index in [2.05, 4.69) is 11.0 Å². The summed E-state index contributed by atoms with van der Waals surface area (Å²) in [5, 5.41) is 0. The molecular formula is C16H20N2O2. The standard InChI is InChI=1S/C16H20N2O2/c1-17(11-13-5-4-6-15(9-13)20-3)12-14-7-8-18(2)16(19)10-14/h4-10H,11-12H2,1-3H3. The highest BCUT2D eigenvalue weighted by Gasteiger charge is 2.04. The molecule has 0 N–H and O–H groups in total. The van der Waals surface area contributed by atoms with E-state index in [1.807, 2.05) is 31.3 Å². The second-order valence-corrected chi connectivity index (χ2v) is 5.01. The van der Waals surface area contributed by atoms with Crippen molar-refractivity contribution in [1.29, 1.82) is 0 Å². The monoisotopic (exact) mass is 272 g/mol. The fourth-order valence-corrected chi connectivity index (χ4v) is 2.14. The number of aryl methyl sites for hydroxylation is 1. The fourth-order valence-electron chi connectivity index (χ4n) is 2.14. The third kappa shape index (κ3) is 3.71. The first kappa shape index (κ1) is 14.3. The van der Waals surface area contributed by atoms with Crippen LogP contribution in [-0.4, -0.2) is 23.6 Å². The molecule has 0 fully saturated rings. The Kier molecular flexibility index (Phi) is 4.58. The molecule has 1 aromatic carbocycles. The van der Waals surface area contributed by atoms with E-state index in [4.69, 9.17) is 4.74 Å². The summed E-state index contributed by atoms with van der Waals surface area (Å²) in [6.45, 7) is 1.56. The lowest BCUT2D eigenvalue weighted by Gasteiger charge is -2.17. The van der Waals surface area contributed by atoms with Crippen LogP contribution >= 0.6 is 0 Å². The highest BCUT2D eigenvalue weighted by atomic mass is 16.5. The van der Waals surface area contributed by atoms with Crippen molar-refractivity contribution in [3.8, 4) is 5.75 Å². The first-order valence-electron chi connectivity index (χ1n) is 6.55. The second kappa shape index (κ2) is 6.39. The van der Waals surface area contributed by atoms with Gasteiger partial charge in [0, 0.05) is 32.4 Å². The molecule has 4 nitrogen and oxygen atoms in total. The molecule has 0 unspecified atom stereocenters. The van der Waals surface area contributed by atoms with Gasteiger partial charge >= 0.3 is 0 Å². The minimum atomic E-state index is 0.0253. The molecule has 0 saturated heterocycles. The van der Waals surface area contributed by atoms with Gasteiger partial charge in [-0.3, -0.25) is 9.69 Å². The third-order valence-electron chi connectivity index (χ3n) is 3.21. The maximum atomic E-state index is 11.6. The SMILES string of the molecule is COc1cccc(CN(C)Cc2ccn(C)c(=O)c2)c1. The Morgan fingerprint density at radius 3 is 2.50 bits per heavy atom. The van der Waals surface area contributed by atoms with Crippen molar-refractivity contribution in [3.63, 3.8) is 0 Å². The molecule has 0 radical (unpaired) electrons. The van der Waals surface area contributed by atoms with Crippen LogP contribution in [0.3, 0.4) is 0 Å². The van der Waals surface area contributed by atoms with Crippen LogP contribution in [0.4, 0.5) is 0 Å². The van der Waals surface area contributed by atoms with Gasteiger partial charge in [-0.2, -0.15) is 0 Å². The van der Waals surface area contributed by atoms with E-state index in [0.717, 1.165) is 24.4 Å². The zero-order chi connectivity index (χ0) is 14.5. The van der Waals surface area contributed by atoms with Crippen molar-refractivity contribution < 1.29 is 4.74 Å². The number of pyridine rings is 1. The number of hydrogen-bond donors (Lipinski definition) is 0. The van der Waals surface area contributed by atoms with E-state index in [1.54, 1.807) is 31.0 Å². The van der Waals surface area contributed by atoms with E-state index in [1.165, 1.54) is 5.56 Å². The molecule has 0 aliphatic heterocycles. The number of nitrogens with zero attached hydrogens (tertiary/aromatic N) is 2. The molecule has 0 amide bonds. The summed E-state index contributed by atoms with van der Waals surface area (Å²) in [5.74, 6) is 0.865. The highest BCUT2D eigenvalue weighted by molar-refractivity contribution is 5.28. The van der Waals surface area contributed by atoms with Crippen LogP contribution in [-0.2, 0) is 20.1 Å². The van der Waals surface area contributed by atoms with Gasteiger partial charge in [-0.1, -0.05) is 12.1 Å². The Morgan fingerprint density at radius 1 is 1.15 bits per heavy atom. The van der Waals surface area contributed by atoms with Gasteiger partial charge in [0.15, 0.2) is 0 Å². The number of benzene rings is 1. The lowest BCUT2D eigenvalue weighted by atomic mass is 10.2. The highest BCUT2D eigenvalue weighted by Crippen LogP contribution is 2.14. The molecule has 0 aliphatic rings. The van der Waals surface area contributed by atoms with Gasteiger partial charge in [-0.25, -0.2) is 0 Å². The van der Waals surface area contributed by atoms with Gasteiger partial charge in [0.1, 0.15) is 5.75 Å². The first-order chi connectivity index (χ1) is 9.58. The summed E-state index contributed by atoms with van der Waals surface area (Å²) in [7, 11) is 5.46. The average Bonchev–Trinajstić information content (AvgIpc) is 2.43. The van der Waals surface area contributed by atoms with E-state index < -0.39 is 0 Å². The summed E-state index contributed by atoms with van der Waals surface area (Å²) < 4.78 is 6.80. The number of hydrogen-bond acceptors (Lipinski definition) is 3. The van der Waals surface area contributed by atoms with Gasteiger partial charge < -0.3 is 9.30 Å². The topological polar surface area (TPSA) is 34.5 Å². The molecule has 20 heavy (non-hydrogen) atoms. The van der Waals surface area contributed by atoms with Gasteiger partial charge in [-0.05, 0) is 36.4 Å². The molecule has 0 spiro atoms. The maximum absolute atomic E-state index is 11.6. The van der Waals surface area contributed by atoms with Gasteiger partial charge in [-0.15, -0.1) is 0 Å². The minimum Gasteiger partial charge on any atom is -0.497 e. The Morgan fingerprint density at radius 2 is 1.85 bits per heavy atom. The zero-order valence-electron chi connectivity index (χ0n) is 12.2. The van der Waals surface area contributed by atoms with Crippen LogP contribution in [0.25, 0.3) is 0 Å². The zero-order valence-corrected chi connectivity index (χ0v) is 12.2. The fraction of sp³-hybridized carbons (Fsp3) is 0.312. The van der Waals surface area contributed by atoms with Crippen LogP contribution in [0.1, 0.15) is 11.1 Å². The van der Waals surface area contributed by atoms with Gasteiger partial charge in [0.25, 0.3) is 5.56 Å². The predicted octanol–water partition coefficient (Wildman–Crippen LogP) is 2.03. The lowest BCUT2D eigenvalue weighted by Crippen LogP contribution is -2.20. The first-order valence-corrected chi connectivity index (χ1v) is 6.55. The van der Waals surface area contributed by atoms with Crippen LogP contribution in [0.5, 0.6) is 5.75 Å². The third-order valence-corrected chi connectivity index (χ3v) is 3.21. The van der Waals surface area contributed by atoms with Crippen LogP contribution < -0.4 is 10.3 Å². The lowest BCUT2D eigenvalue weighted by molar-refractivity contribution is 0.318. The molecule has 0 atom stereocenters. The van der Waals surface area contributed by atoms with Crippen LogP contribution in [0.15, 0.2) is 47.4 Å². The molecular weight excluding hydrogens is 252 g/mol. The van der Waals surface area contributed by atoms with Crippen LogP contribution in [0, 0.1) is 0 Å². The molecule has 106 valence electrons. The summed E-state index contributed by atoms with van der Waals surface area (Å²) in [6, 6.07) is 11.7. The smallest absolute Gasteiger partial charge is 0.250 e. The van der Waals surface area contributed by atoms with Gasteiger partial charge in [0.05, 0.1) is 7.11 Å². The molecule has 1 heterocycles. The van der Waals surface area contributed by atoms with Crippen molar-refractivity contribution in [2.75, 3.05) is 14.2 Å². The minimum absolute atomic E-state index is 0.0253. The van der Waals surface area contributed by atoms with E-state index in [-0.39, 0.29) is 5.56 Å². The second-order valence-electron chi connectivity index (χ2n) is 5.01. The quantitative estimate of drug-likeness (QED) is 0.835. The summed E-state index contributed by atoms with van der Waals surface area (Å²) in [4.78, 5) is 13.8. The van der Waals surface area contributed by atoms with E-state index in [0.29, 0.717) is 0 Å². The average molecular weight is 272 g/mol. The van der Waals surface area contributed by atoms with Crippen molar-refractivity contribution >= 4 is 0 Å². The molecule has 0 bridgehead atoms. The molecule has 0 aliphatic carbocycles. The number of ether oxygens (including phenoxy) is 1. The normalized spacial score (nSPS) is 10.8. The number of rotatable bonds is 5. The van der Waals surface area contributed by atoms with Crippen molar-refractivity contribution in [3.05, 3.63) is 64.1 Å². The van der Waals surface area contributed by atoms with Crippen molar-refractivity contribution in [1.82, 2.24) is 9.47 Å². The predicted molar refractivity (Wildman–Crippen MR) is 79.8 cm³/mol. The Hall–Kier alpha value is -2.07. The molecule has 2 aromatic rings. The summed E-state index contributed by atoms with van der Waals surface area (Å²) >= 11 is 0. The van der Waals surface area contributed by atoms with Crippen molar-refractivity contribution in [2.45, 2.75) is 13.1 Å². The Bertz CT molecular complexity index is 634. The van der Waals surface area contributed by atoms with Crippen molar-refractivity contribution in [2.24, 2.45) is 7.05 Å². The van der Waals surface area contributed by atoms with Crippen LogP contribution in [0.2, 0.25) is 0 Å². The summed E-state index contributed by atoms with van der Waals surface area (Å²) in [6.07, 6.45) is 1.80.